The molecule has 2 N–H and O–H groups in total. The molecule has 1 aliphatic rings. The second-order valence-corrected chi connectivity index (χ2v) is 9.15. The summed E-state index contributed by atoms with van der Waals surface area (Å²) in [6.07, 6.45) is 3.54. The van der Waals surface area contributed by atoms with E-state index in [0.717, 1.165) is 30.5 Å². The summed E-state index contributed by atoms with van der Waals surface area (Å²) in [5.41, 5.74) is 1.84. The topological polar surface area (TPSA) is 84.5 Å². The van der Waals surface area contributed by atoms with E-state index in [1.54, 1.807) is 13.8 Å². The van der Waals surface area contributed by atoms with Crippen molar-refractivity contribution in [2.24, 2.45) is 5.92 Å². The number of amides is 2. The van der Waals surface area contributed by atoms with E-state index in [9.17, 15) is 14.4 Å². The summed E-state index contributed by atoms with van der Waals surface area (Å²) in [6, 6.07) is 7.66. The Bertz CT molecular complexity index is 707. The molecule has 7 heteroatoms. The third kappa shape index (κ3) is 7.72. The molecule has 0 bridgehead atoms. The van der Waals surface area contributed by atoms with Crippen LogP contribution in [0.3, 0.4) is 0 Å². The zero-order valence-corrected chi connectivity index (χ0v) is 18.5. The Morgan fingerprint density at radius 2 is 1.79 bits per heavy atom. The van der Waals surface area contributed by atoms with Crippen LogP contribution in [-0.4, -0.2) is 40.9 Å². The molecule has 1 aliphatic carbocycles. The van der Waals surface area contributed by atoms with Gasteiger partial charge in [0.1, 0.15) is 5.25 Å². The van der Waals surface area contributed by atoms with Crippen molar-refractivity contribution in [3.8, 4) is 0 Å². The summed E-state index contributed by atoms with van der Waals surface area (Å²) < 4.78 is 5.31. The highest BCUT2D eigenvalue weighted by atomic mass is 32.2. The van der Waals surface area contributed by atoms with Crippen molar-refractivity contribution in [1.82, 2.24) is 5.32 Å². The number of rotatable bonds is 8. The average molecular weight is 421 g/mol. The molecular weight excluding hydrogens is 388 g/mol. The minimum absolute atomic E-state index is 0.129. The van der Waals surface area contributed by atoms with E-state index in [0.29, 0.717) is 5.92 Å². The molecule has 0 heterocycles. The van der Waals surface area contributed by atoms with Gasteiger partial charge in [0.15, 0.2) is 6.10 Å². The van der Waals surface area contributed by atoms with Crippen LogP contribution in [0.4, 0.5) is 5.69 Å². The number of esters is 1. The molecule has 6 nitrogen and oxygen atoms in total. The lowest BCUT2D eigenvalue weighted by molar-refractivity contribution is -0.154. The smallest absolute Gasteiger partial charge is 0.319 e. The summed E-state index contributed by atoms with van der Waals surface area (Å²) in [7, 11) is 0. The van der Waals surface area contributed by atoms with Crippen LogP contribution in [0.1, 0.15) is 52.0 Å². The maximum absolute atomic E-state index is 12.3. The van der Waals surface area contributed by atoms with Gasteiger partial charge in [0.2, 0.25) is 5.91 Å². The summed E-state index contributed by atoms with van der Waals surface area (Å²) in [6.45, 7) is 7.38. The molecule has 0 spiro atoms. The zero-order valence-electron chi connectivity index (χ0n) is 17.7. The number of hydrogen-bond donors (Lipinski definition) is 2. The Hall–Kier alpha value is -2.02. The number of thioether (sulfide) groups is 1. The third-order valence-corrected chi connectivity index (χ3v) is 6.35. The molecule has 2 rings (SSSR count). The lowest BCUT2D eigenvalue weighted by Gasteiger charge is -2.30. The molecule has 4 atom stereocenters. The first-order valence-corrected chi connectivity index (χ1v) is 11.3. The van der Waals surface area contributed by atoms with E-state index in [1.807, 2.05) is 31.2 Å². The lowest BCUT2D eigenvalue weighted by atomic mass is 9.86. The van der Waals surface area contributed by atoms with Gasteiger partial charge in [0.05, 0.1) is 5.75 Å². The molecule has 2 amide bonds. The Morgan fingerprint density at radius 1 is 1.14 bits per heavy atom. The number of aryl methyl sites for hydroxylation is 1. The van der Waals surface area contributed by atoms with E-state index in [4.69, 9.17) is 4.74 Å². The molecule has 1 fully saturated rings. The molecule has 1 saturated carbocycles. The van der Waals surface area contributed by atoms with Gasteiger partial charge >= 0.3 is 5.97 Å². The molecular formula is C22H32N2O4S. The number of ether oxygens (including phenoxy) is 1. The second-order valence-electron chi connectivity index (χ2n) is 7.82. The van der Waals surface area contributed by atoms with Crippen LogP contribution in [0.5, 0.6) is 0 Å². The first-order valence-electron chi connectivity index (χ1n) is 10.2. The van der Waals surface area contributed by atoms with Crippen LogP contribution in [0.25, 0.3) is 0 Å². The Kier molecular flexibility index (Phi) is 9.01. The monoisotopic (exact) mass is 420 g/mol. The van der Waals surface area contributed by atoms with Crippen molar-refractivity contribution in [3.63, 3.8) is 0 Å². The van der Waals surface area contributed by atoms with Crippen LogP contribution in [0, 0.1) is 12.8 Å². The van der Waals surface area contributed by atoms with Gasteiger partial charge in [-0.25, -0.2) is 0 Å². The van der Waals surface area contributed by atoms with Gasteiger partial charge in [-0.1, -0.05) is 37.5 Å². The largest absolute Gasteiger partial charge is 0.452 e. The predicted molar refractivity (Wildman–Crippen MR) is 117 cm³/mol. The number of anilines is 1. The van der Waals surface area contributed by atoms with Gasteiger partial charge in [0.25, 0.3) is 5.91 Å². The maximum Gasteiger partial charge on any atom is 0.319 e. The van der Waals surface area contributed by atoms with Crippen molar-refractivity contribution in [3.05, 3.63) is 29.8 Å². The number of hydrogen-bond acceptors (Lipinski definition) is 5. The maximum atomic E-state index is 12.3. The highest BCUT2D eigenvalue weighted by Crippen LogP contribution is 2.24. The van der Waals surface area contributed by atoms with Crippen LogP contribution < -0.4 is 10.6 Å². The van der Waals surface area contributed by atoms with E-state index in [-0.39, 0.29) is 23.6 Å². The Balaban J connectivity index is 1.72. The molecule has 0 unspecified atom stereocenters. The van der Waals surface area contributed by atoms with Gasteiger partial charge in [-0.05, 0) is 51.7 Å². The highest BCUT2D eigenvalue weighted by molar-refractivity contribution is 8.01. The van der Waals surface area contributed by atoms with Gasteiger partial charge in [0, 0.05) is 11.7 Å². The fourth-order valence-electron chi connectivity index (χ4n) is 3.26. The van der Waals surface area contributed by atoms with Gasteiger partial charge in [-0.3, -0.25) is 14.4 Å². The average Bonchev–Trinajstić information content (AvgIpc) is 2.69. The van der Waals surface area contributed by atoms with Crippen molar-refractivity contribution >= 4 is 35.2 Å². The lowest BCUT2D eigenvalue weighted by Crippen LogP contribution is -2.46. The summed E-state index contributed by atoms with van der Waals surface area (Å²) in [5.74, 6) is -0.360. The molecule has 0 radical (unpaired) electrons. The van der Waals surface area contributed by atoms with Gasteiger partial charge in [-0.15, -0.1) is 11.8 Å². The van der Waals surface area contributed by atoms with Gasteiger partial charge in [-0.2, -0.15) is 0 Å². The number of carbonyl (C=O) groups excluding carboxylic acids is 3. The molecule has 160 valence electrons. The summed E-state index contributed by atoms with van der Waals surface area (Å²) >= 11 is 1.19. The van der Waals surface area contributed by atoms with Crippen LogP contribution in [0.2, 0.25) is 0 Å². The molecule has 0 aromatic heterocycles. The second kappa shape index (κ2) is 11.2. The standard InChI is InChI=1S/C22H32N2O4S/c1-14-9-11-18(12-10-14)23-20(25)13-29-17(4)22(27)28-16(3)21(26)24-19-8-6-5-7-15(19)2/h9-12,15-17,19H,5-8,13H2,1-4H3,(H,23,25)(H,24,26)/t15-,16-,17-,19-/m1/s1. The first kappa shape index (κ1) is 23.3. The number of carbonyl (C=O) groups is 3. The van der Waals surface area contributed by atoms with Crippen molar-refractivity contribution in [2.45, 2.75) is 70.8 Å². The third-order valence-electron chi connectivity index (χ3n) is 5.23. The van der Waals surface area contributed by atoms with Gasteiger partial charge < -0.3 is 15.4 Å². The minimum atomic E-state index is -0.846. The van der Waals surface area contributed by atoms with Crippen molar-refractivity contribution in [1.29, 1.82) is 0 Å². The normalized spacial score (nSPS) is 21.0. The molecule has 29 heavy (non-hydrogen) atoms. The number of nitrogens with one attached hydrogen (secondary N) is 2. The molecule has 1 aromatic carbocycles. The van der Waals surface area contributed by atoms with Crippen LogP contribution in [-0.2, 0) is 19.1 Å². The minimum Gasteiger partial charge on any atom is -0.452 e. The molecule has 0 aliphatic heterocycles. The predicted octanol–water partition coefficient (Wildman–Crippen LogP) is 3.68. The fraction of sp³-hybridized carbons (Fsp3) is 0.591. The number of benzene rings is 1. The van der Waals surface area contributed by atoms with E-state index < -0.39 is 17.3 Å². The molecule has 1 aromatic rings. The van der Waals surface area contributed by atoms with Crippen molar-refractivity contribution < 1.29 is 19.1 Å². The SMILES string of the molecule is Cc1ccc(NC(=O)CS[C@H](C)C(=O)O[C@H](C)C(=O)N[C@@H]2CCCC[C@H]2C)cc1. The van der Waals surface area contributed by atoms with E-state index in [1.165, 1.54) is 18.2 Å². The van der Waals surface area contributed by atoms with E-state index in [2.05, 4.69) is 17.6 Å². The summed E-state index contributed by atoms with van der Waals surface area (Å²) in [5, 5.41) is 5.26. The summed E-state index contributed by atoms with van der Waals surface area (Å²) in [4.78, 5) is 36.7. The Labute approximate surface area is 177 Å². The van der Waals surface area contributed by atoms with E-state index >= 15 is 0 Å². The quantitative estimate of drug-likeness (QED) is 0.627. The van der Waals surface area contributed by atoms with Crippen molar-refractivity contribution in [2.75, 3.05) is 11.1 Å². The zero-order chi connectivity index (χ0) is 21.4. The van der Waals surface area contributed by atoms with Crippen LogP contribution in [0.15, 0.2) is 24.3 Å². The highest BCUT2D eigenvalue weighted by Gasteiger charge is 2.27. The van der Waals surface area contributed by atoms with Crippen LogP contribution >= 0.6 is 11.8 Å². The fourth-order valence-corrected chi connectivity index (χ4v) is 3.92. The molecule has 0 saturated heterocycles. The Morgan fingerprint density at radius 3 is 2.45 bits per heavy atom. The first-order chi connectivity index (χ1) is 13.8.